The van der Waals surface area contributed by atoms with Gasteiger partial charge >= 0.3 is 19.0 Å². The molecule has 2 atom stereocenters. The van der Waals surface area contributed by atoms with Crippen molar-refractivity contribution >= 4 is 23.2 Å². The van der Waals surface area contributed by atoms with Crippen LogP contribution in [0.1, 0.15) is 0 Å². The predicted octanol–water partition coefficient (Wildman–Crippen LogP) is 4.86. The third-order valence-electron chi connectivity index (χ3n) is 0.959. The number of ether oxygens (including phenoxy) is 2. The average molecular weight is 389 g/mol. The van der Waals surface area contributed by atoms with E-state index in [4.69, 9.17) is 0 Å². The Bertz CT molecular complexity index is 230. The molecule has 0 aliphatic rings. The molecule has 132 valence electrons. The zero-order valence-corrected chi connectivity index (χ0v) is 10.6. The van der Waals surface area contributed by atoms with Crippen LogP contribution < -0.4 is 0 Å². The molecule has 15 heteroatoms. The lowest BCUT2D eigenvalue weighted by atomic mass is 10.7. The minimum absolute atomic E-state index is 0. The van der Waals surface area contributed by atoms with Crippen molar-refractivity contribution in [3.8, 4) is 0 Å². The molecule has 0 N–H and O–H groups in total. The van der Waals surface area contributed by atoms with Crippen LogP contribution in [0, 0.1) is 0 Å². The summed E-state index contributed by atoms with van der Waals surface area (Å²) in [5.41, 5.74) is 0. The maximum absolute atomic E-state index is 11.6. The molecule has 0 aromatic heterocycles. The van der Waals surface area contributed by atoms with Crippen molar-refractivity contribution in [1.82, 2.24) is 0 Å². The summed E-state index contributed by atoms with van der Waals surface area (Å²) in [6.45, 7) is -3.75. The fourth-order valence-electron chi connectivity index (χ4n) is 0.335. The number of rotatable bonds is 4. The molecule has 0 spiro atoms. The van der Waals surface area contributed by atoms with Crippen molar-refractivity contribution in [3.05, 3.63) is 0 Å². The maximum atomic E-state index is 11.6. The van der Waals surface area contributed by atoms with Crippen molar-refractivity contribution in [1.29, 1.82) is 0 Å². The molecule has 0 saturated heterocycles. The first-order valence-electron chi connectivity index (χ1n) is 3.96. The quantitative estimate of drug-likeness (QED) is 0.505. The van der Waals surface area contributed by atoms with Crippen molar-refractivity contribution in [3.63, 3.8) is 0 Å². The number of halogens is 13. The van der Waals surface area contributed by atoms with E-state index in [9.17, 15) is 43.9 Å². The molecule has 0 aliphatic heterocycles. The molecule has 0 fully saturated rings. The van der Waals surface area contributed by atoms with Crippen LogP contribution in [0.25, 0.3) is 0 Å². The highest BCUT2D eigenvalue weighted by atomic mass is 35.5. The molecule has 0 rings (SSSR count). The van der Waals surface area contributed by atoms with Crippen LogP contribution in [0.3, 0.4) is 0 Å². The zero-order chi connectivity index (χ0) is 16.7. The smallest absolute Gasteiger partial charge is 0.307 e. The molecule has 0 saturated carbocycles. The Kier molecular flexibility index (Phi) is 12.8. The van der Waals surface area contributed by atoms with Crippen LogP contribution in [0.15, 0.2) is 0 Å². The van der Waals surface area contributed by atoms with Crippen LogP contribution in [-0.4, -0.2) is 36.7 Å². The zero-order valence-electron chi connectivity index (χ0n) is 9.07. The number of hydrogen-bond acceptors (Lipinski definition) is 2. The van der Waals surface area contributed by atoms with E-state index in [0.29, 0.717) is 0 Å². The van der Waals surface area contributed by atoms with E-state index < -0.39 is 36.7 Å². The third kappa shape index (κ3) is 15.9. The molecule has 0 aliphatic carbocycles. The van der Waals surface area contributed by atoms with Gasteiger partial charge in [0.2, 0.25) is 5.02 Å². The van der Waals surface area contributed by atoms with Crippen molar-refractivity contribution in [2.45, 2.75) is 36.7 Å². The molecular formula is C6H5Cl2F11O2. The second-order valence-electron chi connectivity index (χ2n) is 2.51. The summed E-state index contributed by atoms with van der Waals surface area (Å²) in [6.07, 6.45) is -17.8. The monoisotopic (exact) mass is 388 g/mol. The summed E-state index contributed by atoms with van der Waals surface area (Å²) in [4.78, 5) is 0. The van der Waals surface area contributed by atoms with Gasteiger partial charge < -0.3 is 4.74 Å². The highest BCUT2D eigenvalue weighted by Gasteiger charge is 2.43. The highest BCUT2D eigenvalue weighted by molar-refractivity contribution is 6.43. The lowest BCUT2D eigenvalue weighted by Crippen LogP contribution is -2.28. The van der Waals surface area contributed by atoms with E-state index in [1.165, 1.54) is 0 Å². The summed E-state index contributed by atoms with van der Waals surface area (Å²) in [7, 11) is 0. The molecule has 2 nitrogen and oxygen atoms in total. The lowest BCUT2D eigenvalue weighted by molar-refractivity contribution is -0.312. The summed E-state index contributed by atoms with van der Waals surface area (Å²) >= 11 is 9.36. The predicted molar refractivity (Wildman–Crippen MR) is 48.1 cm³/mol. The number of hydrogen-bond donors (Lipinski definition) is 0. The van der Waals surface area contributed by atoms with Gasteiger partial charge in [0.15, 0.2) is 0 Å². The Hall–Kier alpha value is -0.270. The fraction of sp³-hybridized carbons (Fsp3) is 1.00. The van der Waals surface area contributed by atoms with E-state index in [-0.39, 0.29) is 4.70 Å². The van der Waals surface area contributed by atoms with E-state index >= 15 is 0 Å². The van der Waals surface area contributed by atoms with E-state index in [1.54, 1.807) is 0 Å². The van der Waals surface area contributed by atoms with E-state index in [1.807, 2.05) is 0 Å². The largest absolute Gasteiger partial charge is 0.445 e. The van der Waals surface area contributed by atoms with Gasteiger partial charge in [-0.3, -0.25) is 9.44 Å². The molecule has 0 aromatic rings. The SMILES string of the molecule is F.FC(F)OC(F)C(F)(F)F.FC(OC(Cl)Cl)C(F)(F)F. The van der Waals surface area contributed by atoms with Gasteiger partial charge in [-0.1, -0.05) is 23.2 Å². The highest BCUT2D eigenvalue weighted by Crippen LogP contribution is 2.26. The Morgan fingerprint density at radius 3 is 1.05 bits per heavy atom. The van der Waals surface area contributed by atoms with Gasteiger partial charge in [-0.05, 0) is 0 Å². The molecule has 0 heterocycles. The minimum atomic E-state index is -5.38. The van der Waals surface area contributed by atoms with Gasteiger partial charge in [-0.2, -0.15) is 35.1 Å². The van der Waals surface area contributed by atoms with Crippen LogP contribution >= 0.6 is 23.2 Å². The topological polar surface area (TPSA) is 18.5 Å². The first-order chi connectivity index (χ1) is 8.67. The first-order valence-corrected chi connectivity index (χ1v) is 4.84. The first kappa shape index (κ1) is 25.7. The van der Waals surface area contributed by atoms with Gasteiger partial charge in [0.05, 0.1) is 0 Å². The standard InChI is InChI=1S/C3H2Cl2F4O.C3H2F6O.FH/c4-2(5)10-1(6)3(7,8)9;4-1(3(7,8)9)10-2(5)6;/h2*1-2H;1H. The molecule has 0 aromatic carbocycles. The summed E-state index contributed by atoms with van der Waals surface area (Å²) in [5, 5.41) is -1.81. The van der Waals surface area contributed by atoms with Gasteiger partial charge in [-0.25, -0.2) is 8.78 Å². The Balaban J connectivity index is -0.000000295. The molecule has 21 heavy (non-hydrogen) atoms. The van der Waals surface area contributed by atoms with Crippen molar-refractivity contribution in [2.24, 2.45) is 0 Å². The summed E-state index contributed by atoms with van der Waals surface area (Å²) < 4.78 is 117. The second-order valence-corrected chi connectivity index (χ2v) is 3.52. The fourth-order valence-corrected chi connectivity index (χ4v) is 0.516. The van der Waals surface area contributed by atoms with Crippen LogP contribution in [0.2, 0.25) is 0 Å². The Morgan fingerprint density at radius 2 is 0.952 bits per heavy atom. The normalized spacial score (nSPS) is 15.1. The molecule has 0 radical (unpaired) electrons. The van der Waals surface area contributed by atoms with E-state index in [0.717, 1.165) is 0 Å². The Labute approximate surface area is 119 Å². The molecule has 0 amide bonds. The maximum Gasteiger partial charge on any atom is 0.445 e. The minimum Gasteiger partial charge on any atom is -0.307 e. The average Bonchev–Trinajstić information content (AvgIpc) is 2.13. The third-order valence-corrected chi connectivity index (χ3v) is 1.17. The lowest BCUT2D eigenvalue weighted by Gasteiger charge is -2.12. The van der Waals surface area contributed by atoms with E-state index in [2.05, 4.69) is 32.7 Å². The summed E-state index contributed by atoms with van der Waals surface area (Å²) in [6, 6.07) is 0. The molecular weight excluding hydrogens is 384 g/mol. The van der Waals surface area contributed by atoms with Crippen LogP contribution in [0.5, 0.6) is 0 Å². The Morgan fingerprint density at radius 1 is 0.667 bits per heavy atom. The van der Waals surface area contributed by atoms with Gasteiger partial charge in [0, 0.05) is 0 Å². The van der Waals surface area contributed by atoms with Gasteiger partial charge in [-0.15, -0.1) is 0 Å². The molecule has 2 unspecified atom stereocenters. The van der Waals surface area contributed by atoms with Crippen molar-refractivity contribution < 1.29 is 58.1 Å². The summed E-state index contributed by atoms with van der Waals surface area (Å²) in [5.74, 6) is 0. The number of alkyl halides is 12. The van der Waals surface area contributed by atoms with Crippen molar-refractivity contribution in [2.75, 3.05) is 0 Å². The molecule has 0 bridgehead atoms. The van der Waals surface area contributed by atoms with Crippen LogP contribution in [-0.2, 0) is 9.47 Å². The van der Waals surface area contributed by atoms with Gasteiger partial charge in [0.25, 0.3) is 12.7 Å². The van der Waals surface area contributed by atoms with Crippen LogP contribution in [0.4, 0.5) is 48.6 Å². The second kappa shape index (κ2) is 10.5. The van der Waals surface area contributed by atoms with Gasteiger partial charge in [0.1, 0.15) is 0 Å².